The molecule has 0 saturated carbocycles. The van der Waals surface area contributed by atoms with Crippen molar-refractivity contribution in [1.29, 1.82) is 0 Å². The van der Waals surface area contributed by atoms with Crippen molar-refractivity contribution in [1.82, 2.24) is 0 Å². The molecule has 0 saturated heterocycles. The molecule has 4 aromatic carbocycles. The molecule has 0 aliphatic rings. The minimum Gasteiger partial charge on any atom is -0.0587 e. The topological polar surface area (TPSA) is 0 Å². The SMILES string of the molecule is Cc1cc(C)c([Si](c2c(C(C)C)cc(C(C)C)cc2C(C)C)=[Si](c2c(C(C)C)cc(C(C)C)cc2C(C)C)c2c(C(C)C)cc(C(C)C)cc2C(C)C)c(C)c1. The Morgan fingerprint density at radius 1 is 0.268 bits per heavy atom. The van der Waals surface area contributed by atoms with Gasteiger partial charge in [0.1, 0.15) is 0 Å². The van der Waals surface area contributed by atoms with Gasteiger partial charge >= 0.3 is 0 Å². The zero-order valence-corrected chi connectivity index (χ0v) is 41.8. The molecule has 0 fully saturated rings. The van der Waals surface area contributed by atoms with Crippen molar-refractivity contribution < 1.29 is 0 Å². The van der Waals surface area contributed by atoms with E-state index in [1.807, 2.05) is 0 Å². The molecule has 0 nitrogen and oxygen atoms in total. The van der Waals surface area contributed by atoms with Crippen LogP contribution in [0.4, 0.5) is 0 Å². The third-order valence-corrected chi connectivity index (χ3v) is 21.8. The summed E-state index contributed by atoms with van der Waals surface area (Å²) < 4.78 is 0. The molecule has 0 aliphatic carbocycles. The second kappa shape index (κ2) is 18.5. The van der Waals surface area contributed by atoms with Crippen LogP contribution in [0, 0.1) is 20.8 Å². The van der Waals surface area contributed by atoms with Gasteiger partial charge in [-0.1, -0.05) is 179 Å². The number of rotatable bonds is 13. The Morgan fingerprint density at radius 2 is 0.464 bits per heavy atom. The molecule has 0 unspecified atom stereocenters. The van der Waals surface area contributed by atoms with Crippen LogP contribution in [0.3, 0.4) is 0 Å². The summed E-state index contributed by atoms with van der Waals surface area (Å²) in [5.74, 6) is 3.96. The van der Waals surface area contributed by atoms with Gasteiger partial charge in [-0.15, -0.1) is 0 Å². The van der Waals surface area contributed by atoms with Gasteiger partial charge in [0, 0.05) is 0 Å². The van der Waals surface area contributed by atoms with Crippen molar-refractivity contribution in [2.45, 2.75) is 199 Å². The normalized spacial score (nSPS) is 12.4. The molecule has 0 atom stereocenters. The Balaban J connectivity index is 2.69. The summed E-state index contributed by atoms with van der Waals surface area (Å²) in [5, 5.41) is 6.86. The average molecular weight is 785 g/mol. The van der Waals surface area contributed by atoms with Crippen LogP contribution in [-0.4, -0.2) is 15.8 Å². The Hall–Kier alpha value is -2.69. The first-order valence-corrected chi connectivity index (χ1v) is 26.4. The molecule has 0 heterocycles. The summed E-state index contributed by atoms with van der Waals surface area (Å²) in [6, 6.07) is 21.0. The smallest absolute Gasteiger partial charge is 0.0587 e. The van der Waals surface area contributed by atoms with Gasteiger partial charge in [0.25, 0.3) is 0 Å². The van der Waals surface area contributed by atoms with Crippen LogP contribution in [-0.2, 0) is 0 Å². The minimum atomic E-state index is -1.52. The molecule has 304 valence electrons. The van der Waals surface area contributed by atoms with Crippen LogP contribution in [0.25, 0.3) is 0 Å². The lowest BCUT2D eigenvalue weighted by Crippen LogP contribution is -2.58. The van der Waals surface area contributed by atoms with Gasteiger partial charge in [-0.3, -0.25) is 0 Å². The summed E-state index contributed by atoms with van der Waals surface area (Å²) in [6.07, 6.45) is 0. The highest BCUT2D eigenvalue weighted by Gasteiger charge is 2.34. The molecule has 56 heavy (non-hydrogen) atoms. The first-order chi connectivity index (χ1) is 26.0. The number of aryl methyl sites for hydroxylation is 3. The Bertz CT molecular complexity index is 1870. The van der Waals surface area contributed by atoms with Gasteiger partial charge in [-0.25, -0.2) is 0 Å². The van der Waals surface area contributed by atoms with Gasteiger partial charge < -0.3 is 0 Å². The monoisotopic (exact) mass is 785 g/mol. The second-order valence-corrected chi connectivity index (χ2v) is 26.6. The molecule has 2 heteroatoms. The molecule has 0 aliphatic heterocycles. The summed E-state index contributed by atoms with van der Waals surface area (Å²) in [7, 11) is -3.02. The molecule has 0 aromatic heterocycles. The zero-order valence-electron chi connectivity index (χ0n) is 39.8. The van der Waals surface area contributed by atoms with Crippen LogP contribution in [0.15, 0.2) is 48.5 Å². The molecule has 0 spiro atoms. The fraction of sp³-hybridized carbons (Fsp3) is 0.556. The third kappa shape index (κ3) is 9.44. The Kier molecular flexibility index (Phi) is 15.2. The summed E-state index contributed by atoms with van der Waals surface area (Å²) in [4.78, 5) is 0. The van der Waals surface area contributed by atoms with Crippen LogP contribution < -0.4 is 20.7 Å². The fourth-order valence-corrected chi connectivity index (χ4v) is 22.2. The van der Waals surface area contributed by atoms with E-state index in [9.17, 15) is 0 Å². The van der Waals surface area contributed by atoms with Gasteiger partial charge in [0.15, 0.2) is 0 Å². The minimum absolute atomic E-state index is 0.419. The van der Waals surface area contributed by atoms with Crippen molar-refractivity contribution in [3.05, 3.63) is 115 Å². The van der Waals surface area contributed by atoms with E-state index in [4.69, 9.17) is 0 Å². The molecular weight excluding hydrogens is 705 g/mol. The van der Waals surface area contributed by atoms with Crippen molar-refractivity contribution in [3.63, 3.8) is 0 Å². The predicted molar refractivity (Wildman–Crippen MR) is 257 cm³/mol. The van der Waals surface area contributed by atoms with Gasteiger partial charge in [0.05, 0.1) is 15.8 Å². The lowest BCUT2D eigenvalue weighted by molar-refractivity contribution is 0.810. The molecule has 0 bridgehead atoms. The van der Waals surface area contributed by atoms with Crippen LogP contribution in [0.5, 0.6) is 0 Å². The molecule has 0 radical (unpaired) electrons. The maximum Gasteiger partial charge on any atom is 0.0701 e. The summed E-state index contributed by atoms with van der Waals surface area (Å²) in [5.41, 5.74) is 18.5. The first kappa shape index (κ1) is 46.0. The lowest BCUT2D eigenvalue weighted by atomic mass is 9.89. The molecule has 0 amide bonds. The Morgan fingerprint density at radius 3 is 0.643 bits per heavy atom. The molecule has 0 N–H and O–H groups in total. The van der Waals surface area contributed by atoms with E-state index in [-0.39, 0.29) is 0 Å². The maximum atomic E-state index is 2.66. The highest BCUT2D eigenvalue weighted by atomic mass is 28.9. The fourth-order valence-electron chi connectivity index (χ4n) is 9.06. The van der Waals surface area contributed by atoms with Crippen molar-refractivity contribution in [2.24, 2.45) is 0 Å². The van der Waals surface area contributed by atoms with Crippen LogP contribution in [0.1, 0.15) is 245 Å². The number of hydrogen-bond donors (Lipinski definition) is 0. The molecular formula is C54H80Si2. The molecule has 4 aromatic rings. The number of benzene rings is 4. The second-order valence-electron chi connectivity index (χ2n) is 20.1. The summed E-state index contributed by atoms with van der Waals surface area (Å²) >= 11 is 0. The third-order valence-electron chi connectivity index (χ3n) is 12.3. The summed E-state index contributed by atoms with van der Waals surface area (Å²) in [6.45, 7) is 51.3. The quantitative estimate of drug-likeness (QED) is 0.118. The van der Waals surface area contributed by atoms with E-state index < -0.39 is 15.8 Å². The van der Waals surface area contributed by atoms with E-state index in [1.165, 1.54) is 33.4 Å². The van der Waals surface area contributed by atoms with E-state index in [0.717, 1.165) is 0 Å². The van der Waals surface area contributed by atoms with Gasteiger partial charge in [0.2, 0.25) is 0 Å². The van der Waals surface area contributed by atoms with Crippen molar-refractivity contribution >= 4 is 36.5 Å². The van der Waals surface area contributed by atoms with Gasteiger partial charge in [-0.2, -0.15) is 0 Å². The zero-order chi connectivity index (χ0) is 42.2. The molecule has 4 rings (SSSR count). The number of hydrogen-bond acceptors (Lipinski definition) is 0. The van der Waals surface area contributed by atoms with Crippen molar-refractivity contribution in [3.8, 4) is 0 Å². The van der Waals surface area contributed by atoms with Crippen LogP contribution in [0.2, 0.25) is 0 Å². The van der Waals surface area contributed by atoms with Gasteiger partial charge in [-0.05, 0) is 156 Å². The average Bonchev–Trinajstić information content (AvgIpc) is 3.09. The van der Waals surface area contributed by atoms with Crippen molar-refractivity contribution in [2.75, 3.05) is 0 Å². The van der Waals surface area contributed by atoms with E-state index in [0.29, 0.717) is 53.3 Å². The highest BCUT2D eigenvalue weighted by Crippen LogP contribution is 2.32. The van der Waals surface area contributed by atoms with E-state index in [1.54, 1.807) is 54.1 Å². The standard InChI is InChI=1S/C54H80Si2/c1-30(2)42-24-45(33(7)8)52(46(25-42)34(9)10)55(51-40(20)22-39(19)23-41(51)21)56(53-47(35(11)12)26-43(31(3)4)27-48(53)36(13)14)54-49(37(15)16)28-44(32(5)6)29-50(54)38(17)18/h22-38H,1-21H3. The maximum absolute atomic E-state index is 2.66. The van der Waals surface area contributed by atoms with E-state index >= 15 is 0 Å². The Labute approximate surface area is 348 Å². The first-order valence-electron chi connectivity index (χ1n) is 22.4. The highest BCUT2D eigenvalue weighted by molar-refractivity contribution is 7.20. The predicted octanol–water partition coefficient (Wildman–Crippen LogP) is 13.7. The van der Waals surface area contributed by atoms with E-state index in [2.05, 4.69) is 194 Å². The van der Waals surface area contributed by atoms with Crippen LogP contribution >= 0.6 is 0 Å². The largest absolute Gasteiger partial charge is 0.0701 e. The lowest BCUT2D eigenvalue weighted by Gasteiger charge is -2.33.